The molecule has 3 atom stereocenters. The lowest BCUT2D eigenvalue weighted by molar-refractivity contribution is 0.100. The van der Waals surface area contributed by atoms with Crippen molar-refractivity contribution in [3.63, 3.8) is 0 Å². The summed E-state index contributed by atoms with van der Waals surface area (Å²) >= 11 is 0. The molecule has 8 heteroatoms. The maximum Gasteiger partial charge on any atom is 0.163 e. The Labute approximate surface area is 209 Å². The molecule has 4 fully saturated rings. The number of nitrogens with zero attached hydrogens (tertiary/aromatic N) is 5. The van der Waals surface area contributed by atoms with Gasteiger partial charge < -0.3 is 19.9 Å². The summed E-state index contributed by atoms with van der Waals surface area (Å²) in [6, 6.07) is 4.33. The molecule has 0 radical (unpaired) electrons. The van der Waals surface area contributed by atoms with Crippen molar-refractivity contribution in [3.05, 3.63) is 42.0 Å². The van der Waals surface area contributed by atoms with Crippen molar-refractivity contribution < 1.29 is 4.74 Å². The minimum Gasteiger partial charge on any atom is -0.374 e. The lowest BCUT2D eigenvalue weighted by atomic mass is 9.79. The van der Waals surface area contributed by atoms with Crippen LogP contribution in [-0.4, -0.2) is 63.3 Å². The fourth-order valence-electron chi connectivity index (χ4n) is 6.75. The second-order valence-electron chi connectivity index (χ2n) is 10.9. The molecule has 3 saturated heterocycles. The Morgan fingerprint density at radius 2 is 1.94 bits per heavy atom. The van der Waals surface area contributed by atoms with Crippen LogP contribution in [0.15, 0.2) is 30.7 Å². The van der Waals surface area contributed by atoms with Crippen LogP contribution in [0.3, 0.4) is 0 Å². The summed E-state index contributed by atoms with van der Waals surface area (Å²) in [6.45, 7) is 3.83. The van der Waals surface area contributed by atoms with E-state index in [2.05, 4.69) is 43.5 Å². The molecule has 0 unspecified atom stereocenters. The Bertz CT molecular complexity index is 1460. The van der Waals surface area contributed by atoms with Gasteiger partial charge in [0.15, 0.2) is 5.82 Å². The van der Waals surface area contributed by atoms with Crippen LogP contribution in [0.1, 0.15) is 61.6 Å². The average molecular weight is 482 g/mol. The van der Waals surface area contributed by atoms with Crippen molar-refractivity contribution >= 4 is 27.8 Å². The molecule has 1 aliphatic carbocycles. The minimum atomic E-state index is 0.332. The minimum absolute atomic E-state index is 0.332. The van der Waals surface area contributed by atoms with Crippen molar-refractivity contribution in [1.29, 1.82) is 0 Å². The highest BCUT2D eigenvalue weighted by Gasteiger charge is 2.42. The fourth-order valence-corrected chi connectivity index (χ4v) is 6.75. The SMILES string of the molecule is c1cc(-c2nc(N3CCNCC3)c3c(C4CCC4)cncc3n2)c2cc([C@@H]3C[C@H]4CC[C@@H]3O4)[nH]c2n1. The summed E-state index contributed by atoms with van der Waals surface area (Å²) < 4.78 is 6.14. The number of fused-ring (bicyclic) bond motifs is 4. The standard InChI is InChI=1S/C28H31N7O/c1-2-16(3-1)21-14-30-15-23-25(21)28(35-10-8-29-9-11-35)34-27(33-23)18-6-7-31-26-19(18)13-22(32-26)20-12-17-4-5-24(20)36-17/h6-7,13-17,20,24,29H,1-5,8-12H2,(H,31,32)/t17-,20+,24+/m1/s1. The summed E-state index contributed by atoms with van der Waals surface area (Å²) in [5.41, 5.74) is 5.42. The number of hydrogen-bond acceptors (Lipinski definition) is 7. The van der Waals surface area contributed by atoms with Gasteiger partial charge in [-0.25, -0.2) is 15.0 Å². The van der Waals surface area contributed by atoms with Gasteiger partial charge in [-0.15, -0.1) is 0 Å². The molecule has 184 valence electrons. The first-order chi connectivity index (χ1) is 17.8. The van der Waals surface area contributed by atoms with Gasteiger partial charge in [0.1, 0.15) is 11.5 Å². The molecule has 1 saturated carbocycles. The van der Waals surface area contributed by atoms with E-state index in [1.807, 2.05) is 12.4 Å². The zero-order valence-electron chi connectivity index (χ0n) is 20.4. The van der Waals surface area contributed by atoms with Gasteiger partial charge in [-0.2, -0.15) is 0 Å². The molecule has 0 spiro atoms. The van der Waals surface area contributed by atoms with Crippen LogP contribution in [0.4, 0.5) is 5.82 Å². The number of hydrogen-bond donors (Lipinski definition) is 2. The number of nitrogens with one attached hydrogen (secondary N) is 2. The molecule has 8 nitrogen and oxygen atoms in total. The predicted molar refractivity (Wildman–Crippen MR) is 139 cm³/mol. The molecule has 3 aliphatic heterocycles. The van der Waals surface area contributed by atoms with E-state index < -0.39 is 0 Å². The van der Waals surface area contributed by atoms with Crippen LogP contribution in [0.25, 0.3) is 33.3 Å². The number of aromatic amines is 1. The van der Waals surface area contributed by atoms with E-state index in [9.17, 15) is 0 Å². The first kappa shape index (κ1) is 21.0. The molecule has 0 amide bonds. The molecule has 7 heterocycles. The van der Waals surface area contributed by atoms with E-state index in [-0.39, 0.29) is 0 Å². The molecular weight excluding hydrogens is 450 g/mol. The highest BCUT2D eigenvalue weighted by atomic mass is 16.5. The van der Waals surface area contributed by atoms with Crippen LogP contribution in [0, 0.1) is 0 Å². The molecule has 0 aromatic carbocycles. The first-order valence-electron chi connectivity index (χ1n) is 13.6. The summed E-state index contributed by atoms with van der Waals surface area (Å²) in [6.07, 6.45) is 13.8. The van der Waals surface area contributed by atoms with E-state index in [4.69, 9.17) is 14.7 Å². The fraction of sp³-hybridized carbons (Fsp3) is 0.500. The van der Waals surface area contributed by atoms with Gasteiger partial charge in [0.2, 0.25) is 0 Å². The summed E-state index contributed by atoms with van der Waals surface area (Å²) in [4.78, 5) is 25.7. The third-order valence-corrected chi connectivity index (χ3v) is 8.88. The van der Waals surface area contributed by atoms with Crippen LogP contribution >= 0.6 is 0 Å². The Morgan fingerprint density at radius 1 is 1.03 bits per heavy atom. The Morgan fingerprint density at radius 3 is 2.72 bits per heavy atom. The van der Waals surface area contributed by atoms with Crippen LogP contribution in [0.5, 0.6) is 0 Å². The number of pyridine rings is 2. The number of aromatic nitrogens is 5. The van der Waals surface area contributed by atoms with Gasteiger partial charge in [-0.1, -0.05) is 6.42 Å². The van der Waals surface area contributed by atoms with E-state index in [0.29, 0.717) is 24.0 Å². The zero-order valence-corrected chi connectivity index (χ0v) is 20.4. The molecule has 4 aliphatic rings. The van der Waals surface area contributed by atoms with Gasteiger partial charge in [0, 0.05) is 66.5 Å². The van der Waals surface area contributed by atoms with Gasteiger partial charge in [-0.05, 0) is 55.7 Å². The Kier molecular flexibility index (Phi) is 4.80. The summed E-state index contributed by atoms with van der Waals surface area (Å²) in [5, 5.41) is 5.76. The molecule has 2 bridgehead atoms. The number of rotatable bonds is 4. The number of ether oxygens (including phenoxy) is 1. The average Bonchev–Trinajstić information content (AvgIpc) is 3.63. The molecule has 2 N–H and O–H groups in total. The normalized spacial score (nSPS) is 26.2. The summed E-state index contributed by atoms with van der Waals surface area (Å²) in [7, 11) is 0. The van der Waals surface area contributed by atoms with Crippen molar-refractivity contribution in [3.8, 4) is 11.4 Å². The Balaban J connectivity index is 1.28. The molecule has 8 rings (SSSR count). The van der Waals surface area contributed by atoms with Gasteiger partial charge in [0.25, 0.3) is 0 Å². The van der Waals surface area contributed by atoms with E-state index >= 15 is 0 Å². The van der Waals surface area contributed by atoms with Gasteiger partial charge in [0.05, 0.1) is 23.9 Å². The molecule has 4 aromatic rings. The monoisotopic (exact) mass is 481 g/mol. The molecule has 4 aromatic heterocycles. The summed E-state index contributed by atoms with van der Waals surface area (Å²) in [5.74, 6) is 2.81. The first-order valence-corrected chi connectivity index (χ1v) is 13.6. The largest absolute Gasteiger partial charge is 0.374 e. The quantitative estimate of drug-likeness (QED) is 0.449. The highest BCUT2D eigenvalue weighted by molar-refractivity contribution is 5.97. The highest BCUT2D eigenvalue weighted by Crippen LogP contribution is 2.45. The lowest BCUT2D eigenvalue weighted by Crippen LogP contribution is -2.44. The Hall–Kier alpha value is -3.10. The van der Waals surface area contributed by atoms with Gasteiger partial charge in [-0.3, -0.25) is 4.98 Å². The topological polar surface area (TPSA) is 91.9 Å². The predicted octanol–water partition coefficient (Wildman–Crippen LogP) is 4.28. The number of piperazine rings is 1. The van der Waals surface area contributed by atoms with E-state index in [1.54, 1.807) is 0 Å². The number of anilines is 1. The number of H-pyrrole nitrogens is 1. The van der Waals surface area contributed by atoms with Crippen LogP contribution < -0.4 is 10.2 Å². The van der Waals surface area contributed by atoms with Crippen molar-refractivity contribution in [1.82, 2.24) is 30.2 Å². The van der Waals surface area contributed by atoms with Crippen molar-refractivity contribution in [2.45, 2.75) is 62.6 Å². The van der Waals surface area contributed by atoms with Crippen molar-refractivity contribution in [2.24, 2.45) is 0 Å². The third-order valence-electron chi connectivity index (χ3n) is 8.88. The van der Waals surface area contributed by atoms with Crippen molar-refractivity contribution in [2.75, 3.05) is 31.1 Å². The molecular formula is C28H31N7O. The molecule has 36 heavy (non-hydrogen) atoms. The second kappa shape index (κ2) is 8.21. The maximum absolute atomic E-state index is 6.14. The third kappa shape index (κ3) is 3.27. The maximum atomic E-state index is 6.14. The zero-order chi connectivity index (χ0) is 23.6. The lowest BCUT2D eigenvalue weighted by Gasteiger charge is -2.32. The smallest absolute Gasteiger partial charge is 0.163 e. The van der Waals surface area contributed by atoms with Gasteiger partial charge >= 0.3 is 0 Å². The van der Waals surface area contributed by atoms with Crippen LogP contribution in [-0.2, 0) is 4.74 Å². The van der Waals surface area contributed by atoms with E-state index in [0.717, 1.165) is 72.8 Å². The van der Waals surface area contributed by atoms with E-state index in [1.165, 1.54) is 42.3 Å². The second-order valence-corrected chi connectivity index (χ2v) is 10.9. The van der Waals surface area contributed by atoms with Crippen LogP contribution in [0.2, 0.25) is 0 Å².